The van der Waals surface area contributed by atoms with Crippen molar-refractivity contribution in [3.05, 3.63) is 23.8 Å². The molecule has 1 rings (SSSR count). The molecule has 96 valence electrons. The Morgan fingerprint density at radius 2 is 1.82 bits per heavy atom. The first kappa shape index (κ1) is 13.8. The third-order valence-corrected chi connectivity index (χ3v) is 2.53. The van der Waals surface area contributed by atoms with Crippen molar-refractivity contribution in [1.29, 1.82) is 0 Å². The molecule has 4 nitrogen and oxygen atoms in total. The van der Waals surface area contributed by atoms with Crippen molar-refractivity contribution < 1.29 is 9.47 Å². The van der Waals surface area contributed by atoms with Gasteiger partial charge in [0.1, 0.15) is 11.5 Å². The van der Waals surface area contributed by atoms with Gasteiger partial charge in [0.2, 0.25) is 0 Å². The van der Waals surface area contributed by atoms with Crippen LogP contribution in [0.5, 0.6) is 11.5 Å². The van der Waals surface area contributed by atoms with Crippen LogP contribution in [0.2, 0.25) is 0 Å². The maximum atomic E-state index is 5.31. The molecule has 0 bridgehead atoms. The minimum absolute atomic E-state index is 0.783. The first-order valence-electron chi connectivity index (χ1n) is 5.94. The van der Waals surface area contributed by atoms with Gasteiger partial charge in [-0.05, 0) is 24.7 Å². The monoisotopic (exact) mass is 238 g/mol. The SMILES string of the molecule is CCNCCNCc1cc(OC)ccc1OC. The van der Waals surface area contributed by atoms with Crippen LogP contribution in [0.4, 0.5) is 0 Å². The molecule has 0 amide bonds. The normalized spacial score (nSPS) is 10.3. The number of nitrogens with one attached hydrogen (secondary N) is 2. The zero-order chi connectivity index (χ0) is 12.5. The molecule has 0 aliphatic rings. The van der Waals surface area contributed by atoms with Crippen LogP contribution in [-0.4, -0.2) is 33.9 Å². The van der Waals surface area contributed by atoms with Crippen molar-refractivity contribution in [1.82, 2.24) is 10.6 Å². The number of ether oxygens (including phenoxy) is 2. The zero-order valence-corrected chi connectivity index (χ0v) is 10.9. The molecule has 0 fully saturated rings. The summed E-state index contributed by atoms with van der Waals surface area (Å²) in [5.74, 6) is 1.75. The van der Waals surface area contributed by atoms with E-state index >= 15 is 0 Å². The highest BCUT2D eigenvalue weighted by molar-refractivity contribution is 5.40. The number of hydrogen-bond donors (Lipinski definition) is 2. The minimum atomic E-state index is 0.783. The highest BCUT2D eigenvalue weighted by Gasteiger charge is 2.04. The molecule has 1 aromatic carbocycles. The highest BCUT2D eigenvalue weighted by atomic mass is 16.5. The van der Waals surface area contributed by atoms with E-state index in [9.17, 15) is 0 Å². The number of methoxy groups -OCH3 is 2. The Bertz CT molecular complexity index is 329. The summed E-state index contributed by atoms with van der Waals surface area (Å²) in [6, 6.07) is 5.83. The highest BCUT2D eigenvalue weighted by Crippen LogP contribution is 2.23. The van der Waals surface area contributed by atoms with Crippen LogP contribution < -0.4 is 20.1 Å². The fourth-order valence-corrected chi connectivity index (χ4v) is 1.60. The molecule has 0 heterocycles. The minimum Gasteiger partial charge on any atom is -0.497 e. The van der Waals surface area contributed by atoms with E-state index < -0.39 is 0 Å². The van der Waals surface area contributed by atoms with Crippen LogP contribution in [0, 0.1) is 0 Å². The van der Waals surface area contributed by atoms with Gasteiger partial charge in [0.15, 0.2) is 0 Å². The van der Waals surface area contributed by atoms with Crippen LogP contribution in [0.15, 0.2) is 18.2 Å². The first-order valence-corrected chi connectivity index (χ1v) is 5.94. The van der Waals surface area contributed by atoms with Gasteiger partial charge in [0.25, 0.3) is 0 Å². The third-order valence-electron chi connectivity index (χ3n) is 2.53. The lowest BCUT2D eigenvalue weighted by Crippen LogP contribution is -2.26. The summed E-state index contributed by atoms with van der Waals surface area (Å²) in [6.07, 6.45) is 0. The largest absolute Gasteiger partial charge is 0.497 e. The topological polar surface area (TPSA) is 42.5 Å². The second kappa shape index (κ2) is 7.92. The number of likely N-dealkylation sites (N-methyl/N-ethyl adjacent to an activating group) is 1. The summed E-state index contributed by atoms with van der Waals surface area (Å²) in [5.41, 5.74) is 1.11. The molecule has 0 spiro atoms. The Hall–Kier alpha value is -1.26. The second-order valence-corrected chi connectivity index (χ2v) is 3.71. The van der Waals surface area contributed by atoms with Gasteiger partial charge in [-0.3, -0.25) is 0 Å². The average molecular weight is 238 g/mol. The van der Waals surface area contributed by atoms with Crippen molar-refractivity contribution in [2.24, 2.45) is 0 Å². The van der Waals surface area contributed by atoms with E-state index in [1.54, 1.807) is 14.2 Å². The van der Waals surface area contributed by atoms with Gasteiger partial charge in [-0.15, -0.1) is 0 Å². The molecule has 0 aromatic heterocycles. The van der Waals surface area contributed by atoms with Crippen molar-refractivity contribution >= 4 is 0 Å². The quantitative estimate of drug-likeness (QED) is 0.672. The van der Waals surface area contributed by atoms with Crippen LogP contribution in [-0.2, 0) is 6.54 Å². The molecule has 1 aromatic rings. The summed E-state index contributed by atoms with van der Waals surface area (Å²) in [4.78, 5) is 0. The summed E-state index contributed by atoms with van der Waals surface area (Å²) in [6.45, 7) is 5.80. The molecule has 17 heavy (non-hydrogen) atoms. The lowest BCUT2D eigenvalue weighted by molar-refractivity contribution is 0.397. The molecule has 0 atom stereocenters. The predicted molar refractivity (Wildman–Crippen MR) is 69.8 cm³/mol. The number of hydrogen-bond acceptors (Lipinski definition) is 4. The molecule has 0 aliphatic heterocycles. The van der Waals surface area contributed by atoms with Crippen LogP contribution in [0.3, 0.4) is 0 Å². The van der Waals surface area contributed by atoms with Crippen molar-refractivity contribution in [2.45, 2.75) is 13.5 Å². The van der Waals surface area contributed by atoms with Gasteiger partial charge < -0.3 is 20.1 Å². The van der Waals surface area contributed by atoms with Crippen molar-refractivity contribution in [3.8, 4) is 11.5 Å². The first-order chi connectivity index (χ1) is 8.31. The van der Waals surface area contributed by atoms with Gasteiger partial charge in [0, 0.05) is 25.2 Å². The number of benzene rings is 1. The van der Waals surface area contributed by atoms with Gasteiger partial charge in [-0.25, -0.2) is 0 Å². The lowest BCUT2D eigenvalue weighted by atomic mass is 10.2. The van der Waals surface area contributed by atoms with E-state index in [-0.39, 0.29) is 0 Å². The Labute approximate surface area is 103 Å². The van der Waals surface area contributed by atoms with Crippen LogP contribution in [0.25, 0.3) is 0 Å². The Morgan fingerprint density at radius 3 is 2.47 bits per heavy atom. The zero-order valence-electron chi connectivity index (χ0n) is 10.9. The molecule has 0 radical (unpaired) electrons. The smallest absolute Gasteiger partial charge is 0.123 e. The lowest BCUT2D eigenvalue weighted by Gasteiger charge is -2.11. The fourth-order valence-electron chi connectivity index (χ4n) is 1.60. The van der Waals surface area contributed by atoms with Gasteiger partial charge in [0.05, 0.1) is 14.2 Å². The predicted octanol–water partition coefficient (Wildman–Crippen LogP) is 1.40. The van der Waals surface area contributed by atoms with Crippen molar-refractivity contribution in [2.75, 3.05) is 33.9 Å². The van der Waals surface area contributed by atoms with E-state index in [1.807, 2.05) is 18.2 Å². The Kier molecular flexibility index (Phi) is 6.43. The van der Waals surface area contributed by atoms with Gasteiger partial charge >= 0.3 is 0 Å². The van der Waals surface area contributed by atoms with Crippen LogP contribution in [0.1, 0.15) is 12.5 Å². The van der Waals surface area contributed by atoms with E-state index in [2.05, 4.69) is 17.6 Å². The number of rotatable bonds is 8. The maximum Gasteiger partial charge on any atom is 0.123 e. The Morgan fingerprint density at radius 1 is 1.06 bits per heavy atom. The molecular weight excluding hydrogens is 216 g/mol. The molecule has 0 saturated carbocycles. The maximum absolute atomic E-state index is 5.31. The Balaban J connectivity index is 2.49. The molecule has 2 N–H and O–H groups in total. The molecule has 0 unspecified atom stereocenters. The molecule has 4 heteroatoms. The summed E-state index contributed by atoms with van der Waals surface area (Å²) in [7, 11) is 3.36. The fraction of sp³-hybridized carbons (Fsp3) is 0.538. The van der Waals surface area contributed by atoms with E-state index in [1.165, 1.54) is 0 Å². The second-order valence-electron chi connectivity index (χ2n) is 3.71. The summed E-state index contributed by atoms with van der Waals surface area (Å²) >= 11 is 0. The van der Waals surface area contributed by atoms with Crippen molar-refractivity contribution in [3.63, 3.8) is 0 Å². The molecular formula is C13H22N2O2. The summed E-state index contributed by atoms with van der Waals surface area (Å²) in [5, 5.41) is 6.63. The van der Waals surface area contributed by atoms with E-state index in [0.717, 1.165) is 43.2 Å². The third kappa shape index (κ3) is 4.63. The standard InChI is InChI=1S/C13H22N2O2/c1-4-14-7-8-15-10-11-9-12(16-2)5-6-13(11)17-3/h5-6,9,14-15H,4,7-8,10H2,1-3H3. The van der Waals surface area contributed by atoms with E-state index in [0.29, 0.717) is 0 Å². The average Bonchev–Trinajstić information content (AvgIpc) is 2.38. The molecule has 0 saturated heterocycles. The molecule has 0 aliphatic carbocycles. The van der Waals surface area contributed by atoms with Gasteiger partial charge in [-0.1, -0.05) is 6.92 Å². The van der Waals surface area contributed by atoms with Crippen LogP contribution >= 0.6 is 0 Å². The van der Waals surface area contributed by atoms with Gasteiger partial charge in [-0.2, -0.15) is 0 Å². The summed E-state index contributed by atoms with van der Waals surface area (Å²) < 4.78 is 10.5. The van der Waals surface area contributed by atoms with E-state index in [4.69, 9.17) is 9.47 Å².